The van der Waals surface area contributed by atoms with Crippen LogP contribution in [0.15, 0.2) is 47.6 Å². The number of amides is 1. The van der Waals surface area contributed by atoms with E-state index in [1.807, 2.05) is 0 Å². The van der Waals surface area contributed by atoms with Gasteiger partial charge in [0, 0.05) is 12.4 Å². The number of ether oxygens (including phenoxy) is 1. The number of carboxylic acid groups (broad SMARTS) is 1. The number of rotatable bonds is 7. The van der Waals surface area contributed by atoms with Crippen molar-refractivity contribution in [2.45, 2.75) is 37.8 Å². The van der Waals surface area contributed by atoms with Crippen LogP contribution in [0.25, 0.3) is 0 Å². The lowest BCUT2D eigenvalue weighted by Gasteiger charge is -2.26. The van der Waals surface area contributed by atoms with Crippen LogP contribution in [0, 0.1) is 0 Å². The summed E-state index contributed by atoms with van der Waals surface area (Å²) in [5.74, 6) is -1.22. The van der Waals surface area contributed by atoms with Gasteiger partial charge in [-0.1, -0.05) is 6.07 Å². The van der Waals surface area contributed by atoms with Crippen LogP contribution >= 0.6 is 0 Å². The molecule has 2 rings (SSSR count). The Morgan fingerprint density at radius 3 is 2.52 bits per heavy atom. The Balaban J connectivity index is 2.21. The van der Waals surface area contributed by atoms with Crippen LogP contribution in [0.1, 0.15) is 26.5 Å². The summed E-state index contributed by atoms with van der Waals surface area (Å²) < 4.78 is 32.2. The highest BCUT2D eigenvalue weighted by atomic mass is 32.2. The molecular formula is C18H22N4O6S. The number of anilines is 1. The fourth-order valence-corrected chi connectivity index (χ4v) is 3.13. The van der Waals surface area contributed by atoms with E-state index in [9.17, 15) is 18.0 Å². The first kappa shape index (κ1) is 22.2. The summed E-state index contributed by atoms with van der Waals surface area (Å²) >= 11 is 0. The molecule has 2 N–H and O–H groups in total. The molecule has 0 fully saturated rings. The Kier molecular flexibility index (Phi) is 6.88. The summed E-state index contributed by atoms with van der Waals surface area (Å²) in [6.07, 6.45) is 1.79. The van der Waals surface area contributed by atoms with Crippen molar-refractivity contribution in [2.75, 3.05) is 11.4 Å². The number of carbonyl (C=O) groups excluding carboxylic acids is 1. The van der Waals surface area contributed by atoms with Crippen molar-refractivity contribution in [1.29, 1.82) is 0 Å². The van der Waals surface area contributed by atoms with Gasteiger partial charge in [-0.2, -0.15) is 0 Å². The summed E-state index contributed by atoms with van der Waals surface area (Å²) in [7, 11) is -3.80. The minimum Gasteiger partial charge on any atom is -0.480 e. The van der Waals surface area contributed by atoms with Gasteiger partial charge in [0.25, 0.3) is 0 Å². The molecule has 11 heteroatoms. The van der Waals surface area contributed by atoms with E-state index in [2.05, 4.69) is 14.7 Å². The molecule has 156 valence electrons. The third kappa shape index (κ3) is 6.80. The molecule has 0 aliphatic rings. The molecule has 0 spiro atoms. The molecule has 2 aromatic heterocycles. The second kappa shape index (κ2) is 8.97. The number of nitrogens with zero attached hydrogens (tertiary/aromatic N) is 3. The Labute approximate surface area is 168 Å². The average Bonchev–Trinajstić information content (AvgIpc) is 2.64. The Bertz CT molecular complexity index is 973. The van der Waals surface area contributed by atoms with E-state index in [1.54, 1.807) is 26.8 Å². The van der Waals surface area contributed by atoms with E-state index >= 15 is 0 Å². The van der Waals surface area contributed by atoms with E-state index < -0.39 is 34.2 Å². The van der Waals surface area contributed by atoms with Crippen LogP contribution in [-0.4, -0.2) is 47.7 Å². The standard InChI is InChI=1S/C18H22N4O6S/c1-18(2,3)28-17(25)22(12-16(23)24)15-8-4-6-13(21-15)10-20-29(26,27)14-7-5-9-19-11-14/h4-9,11,20H,10,12H2,1-3H3,(H,23,24). The van der Waals surface area contributed by atoms with Gasteiger partial charge in [0.05, 0.1) is 12.2 Å². The Morgan fingerprint density at radius 1 is 1.21 bits per heavy atom. The van der Waals surface area contributed by atoms with Crippen molar-refractivity contribution < 1.29 is 27.9 Å². The number of nitrogens with one attached hydrogen (secondary N) is 1. The summed E-state index contributed by atoms with van der Waals surface area (Å²) in [6, 6.07) is 7.42. The molecule has 0 unspecified atom stereocenters. The van der Waals surface area contributed by atoms with Gasteiger partial charge in [-0.25, -0.2) is 22.9 Å². The largest absolute Gasteiger partial charge is 0.480 e. The molecule has 1 amide bonds. The quantitative estimate of drug-likeness (QED) is 0.688. The minimum absolute atomic E-state index is 0.00240. The SMILES string of the molecule is CC(C)(C)OC(=O)N(CC(=O)O)c1cccc(CNS(=O)(=O)c2cccnc2)n1. The van der Waals surface area contributed by atoms with E-state index in [0.717, 1.165) is 4.90 Å². The predicted molar refractivity (Wildman–Crippen MR) is 104 cm³/mol. The zero-order chi connectivity index (χ0) is 21.7. The van der Waals surface area contributed by atoms with Crippen molar-refractivity contribution in [3.63, 3.8) is 0 Å². The van der Waals surface area contributed by atoms with Crippen molar-refractivity contribution in [1.82, 2.24) is 14.7 Å². The summed E-state index contributed by atoms with van der Waals surface area (Å²) in [6.45, 7) is 4.13. The lowest BCUT2D eigenvalue weighted by molar-refractivity contribution is -0.135. The fourth-order valence-electron chi connectivity index (χ4n) is 2.17. The third-order valence-corrected chi connectivity index (χ3v) is 4.75. The maximum absolute atomic E-state index is 12.4. The highest BCUT2D eigenvalue weighted by Crippen LogP contribution is 2.17. The summed E-state index contributed by atoms with van der Waals surface area (Å²) in [5.41, 5.74) is -0.543. The van der Waals surface area contributed by atoms with Crippen molar-refractivity contribution >= 4 is 27.9 Å². The number of hydrogen-bond acceptors (Lipinski definition) is 7. The van der Waals surface area contributed by atoms with Gasteiger partial charge in [-0.15, -0.1) is 0 Å². The maximum Gasteiger partial charge on any atom is 0.416 e. The van der Waals surface area contributed by atoms with Crippen LogP contribution in [0.2, 0.25) is 0 Å². The lowest BCUT2D eigenvalue weighted by atomic mass is 10.2. The van der Waals surface area contributed by atoms with Crippen LogP contribution in [0.5, 0.6) is 0 Å². The highest BCUT2D eigenvalue weighted by molar-refractivity contribution is 7.89. The van der Waals surface area contributed by atoms with Crippen LogP contribution in [0.4, 0.5) is 10.6 Å². The second-order valence-electron chi connectivity index (χ2n) is 6.96. The number of aromatic nitrogens is 2. The number of sulfonamides is 1. The van der Waals surface area contributed by atoms with Crippen molar-refractivity contribution in [3.8, 4) is 0 Å². The molecular weight excluding hydrogens is 400 g/mol. The third-order valence-electron chi connectivity index (χ3n) is 3.36. The maximum atomic E-state index is 12.4. The molecule has 29 heavy (non-hydrogen) atoms. The zero-order valence-corrected chi connectivity index (χ0v) is 17.0. The first-order chi connectivity index (χ1) is 13.5. The van der Waals surface area contributed by atoms with Gasteiger partial charge in [0.1, 0.15) is 22.9 Å². The molecule has 0 aliphatic heterocycles. The monoisotopic (exact) mass is 422 g/mol. The normalized spacial score (nSPS) is 11.7. The van der Waals surface area contributed by atoms with Gasteiger partial charge in [0.2, 0.25) is 10.0 Å². The molecule has 0 bridgehead atoms. The number of carbonyl (C=O) groups is 2. The topological polar surface area (TPSA) is 139 Å². The number of carboxylic acids is 1. The van der Waals surface area contributed by atoms with Crippen molar-refractivity contribution in [2.24, 2.45) is 0 Å². The highest BCUT2D eigenvalue weighted by Gasteiger charge is 2.26. The lowest BCUT2D eigenvalue weighted by Crippen LogP contribution is -2.40. The summed E-state index contributed by atoms with van der Waals surface area (Å²) in [4.78, 5) is 32.4. The van der Waals surface area contributed by atoms with Crippen molar-refractivity contribution in [3.05, 3.63) is 48.4 Å². The van der Waals surface area contributed by atoms with E-state index in [0.29, 0.717) is 0 Å². The molecule has 2 aromatic rings. The first-order valence-electron chi connectivity index (χ1n) is 8.56. The Hall–Kier alpha value is -3.05. The van der Waals surface area contributed by atoms with Gasteiger partial charge < -0.3 is 9.84 Å². The second-order valence-corrected chi connectivity index (χ2v) is 8.73. The molecule has 0 radical (unpaired) electrons. The molecule has 0 saturated heterocycles. The minimum atomic E-state index is -3.80. The number of pyridine rings is 2. The van der Waals surface area contributed by atoms with Gasteiger partial charge in [-0.05, 0) is 45.0 Å². The number of hydrogen-bond donors (Lipinski definition) is 2. The smallest absolute Gasteiger partial charge is 0.416 e. The predicted octanol–water partition coefficient (Wildman–Crippen LogP) is 1.78. The molecule has 0 aliphatic carbocycles. The molecule has 2 heterocycles. The van der Waals surface area contributed by atoms with Gasteiger partial charge in [0.15, 0.2) is 0 Å². The zero-order valence-electron chi connectivity index (χ0n) is 16.2. The fraction of sp³-hybridized carbons (Fsp3) is 0.333. The molecule has 0 atom stereocenters. The van der Waals surface area contributed by atoms with E-state index in [1.165, 1.54) is 36.7 Å². The molecule has 10 nitrogen and oxygen atoms in total. The van der Waals surface area contributed by atoms with Gasteiger partial charge in [-0.3, -0.25) is 14.7 Å². The molecule has 0 saturated carbocycles. The Morgan fingerprint density at radius 2 is 1.93 bits per heavy atom. The van der Waals surface area contributed by atoms with Gasteiger partial charge >= 0.3 is 12.1 Å². The number of aliphatic carboxylic acids is 1. The van der Waals surface area contributed by atoms with Crippen LogP contribution < -0.4 is 9.62 Å². The molecule has 0 aromatic carbocycles. The van der Waals surface area contributed by atoms with Crippen LogP contribution in [0.3, 0.4) is 0 Å². The summed E-state index contributed by atoms with van der Waals surface area (Å²) in [5, 5.41) is 9.12. The van der Waals surface area contributed by atoms with E-state index in [-0.39, 0.29) is 23.0 Å². The average molecular weight is 422 g/mol. The van der Waals surface area contributed by atoms with E-state index in [4.69, 9.17) is 9.84 Å². The van der Waals surface area contributed by atoms with Crippen LogP contribution in [-0.2, 0) is 26.1 Å². The first-order valence-corrected chi connectivity index (χ1v) is 10.0.